The summed E-state index contributed by atoms with van der Waals surface area (Å²) in [6.45, 7) is 2.02. The molecule has 1 N–H and O–H groups in total. The van der Waals surface area contributed by atoms with Gasteiger partial charge in [-0.05, 0) is 25.0 Å². The molecule has 0 spiro atoms. The number of hydrogen-bond acceptors (Lipinski definition) is 2. The third-order valence-corrected chi connectivity index (χ3v) is 2.10. The fraction of sp³-hybridized carbons (Fsp3) is 0.714. The van der Waals surface area contributed by atoms with E-state index in [1.807, 2.05) is 6.26 Å². The lowest BCUT2D eigenvalue weighted by Crippen LogP contribution is -2.32. The monoisotopic (exact) mass is 125 g/mol. The van der Waals surface area contributed by atoms with Gasteiger partial charge in [-0.2, -0.15) is 0 Å². The third kappa shape index (κ3) is 0.833. The van der Waals surface area contributed by atoms with Gasteiger partial charge in [0.25, 0.3) is 0 Å². The van der Waals surface area contributed by atoms with Crippen LogP contribution in [0.25, 0.3) is 0 Å². The smallest absolute Gasteiger partial charge is 0.103 e. The van der Waals surface area contributed by atoms with Crippen molar-refractivity contribution in [2.75, 3.05) is 13.2 Å². The molecule has 1 saturated heterocycles. The third-order valence-electron chi connectivity index (χ3n) is 2.10. The second kappa shape index (κ2) is 2.03. The Balaban J connectivity index is 2.10. The molecule has 9 heavy (non-hydrogen) atoms. The van der Waals surface area contributed by atoms with E-state index in [0.29, 0.717) is 6.04 Å². The molecule has 0 bridgehead atoms. The van der Waals surface area contributed by atoms with Gasteiger partial charge in [0.15, 0.2) is 0 Å². The van der Waals surface area contributed by atoms with Crippen molar-refractivity contribution in [1.29, 1.82) is 0 Å². The van der Waals surface area contributed by atoms with Crippen LogP contribution in [0.1, 0.15) is 6.42 Å². The van der Waals surface area contributed by atoms with Crippen molar-refractivity contribution < 1.29 is 4.74 Å². The van der Waals surface area contributed by atoms with Crippen LogP contribution in [0.2, 0.25) is 0 Å². The van der Waals surface area contributed by atoms with Gasteiger partial charge >= 0.3 is 0 Å². The zero-order valence-electron chi connectivity index (χ0n) is 5.34. The van der Waals surface area contributed by atoms with Crippen LogP contribution in [-0.4, -0.2) is 19.2 Å². The highest BCUT2D eigenvalue weighted by atomic mass is 16.5. The van der Waals surface area contributed by atoms with Crippen molar-refractivity contribution in [1.82, 2.24) is 5.32 Å². The zero-order chi connectivity index (χ0) is 6.10. The van der Waals surface area contributed by atoms with Crippen molar-refractivity contribution in [3.8, 4) is 0 Å². The molecule has 50 valence electrons. The molecule has 0 aromatic heterocycles. The average molecular weight is 125 g/mol. The summed E-state index contributed by atoms with van der Waals surface area (Å²) < 4.78 is 5.14. The molecule has 2 atom stereocenters. The van der Waals surface area contributed by atoms with Gasteiger partial charge in [-0.15, -0.1) is 0 Å². The average Bonchev–Trinajstić information content (AvgIpc) is 2.33. The Morgan fingerprint density at radius 3 is 3.44 bits per heavy atom. The van der Waals surface area contributed by atoms with Gasteiger partial charge in [0.2, 0.25) is 0 Å². The van der Waals surface area contributed by atoms with Gasteiger partial charge < -0.3 is 10.1 Å². The molecule has 0 saturated carbocycles. The Labute approximate surface area is 54.9 Å². The predicted octanol–water partition coefficient (Wildman–Crippen LogP) is 0.508. The second-order valence-corrected chi connectivity index (χ2v) is 2.68. The second-order valence-electron chi connectivity index (χ2n) is 2.68. The first kappa shape index (κ1) is 5.30. The minimum absolute atomic E-state index is 0.606. The van der Waals surface area contributed by atoms with Gasteiger partial charge in [0, 0.05) is 6.04 Å². The molecule has 0 aromatic carbocycles. The largest absolute Gasteiger partial charge is 0.500 e. The van der Waals surface area contributed by atoms with Crippen molar-refractivity contribution >= 4 is 0 Å². The Morgan fingerprint density at radius 2 is 2.56 bits per heavy atom. The molecular weight excluding hydrogens is 114 g/mol. The van der Waals surface area contributed by atoms with Crippen LogP contribution < -0.4 is 5.32 Å². The van der Waals surface area contributed by atoms with Crippen LogP contribution in [0.15, 0.2) is 12.3 Å². The molecule has 2 heteroatoms. The van der Waals surface area contributed by atoms with Crippen LogP contribution in [0.5, 0.6) is 0 Å². The molecule has 0 amide bonds. The number of nitrogens with one attached hydrogen (secondary N) is 1. The van der Waals surface area contributed by atoms with E-state index in [0.717, 1.165) is 19.1 Å². The fourth-order valence-corrected chi connectivity index (χ4v) is 1.52. The molecular formula is C7H11NO. The standard InChI is InChI=1S/C7H11NO/c1-3-8-7-5-9-4-2-6(1)7/h2,4,6-8H,1,3,5H2. The molecule has 1 fully saturated rings. The first-order valence-corrected chi connectivity index (χ1v) is 3.48. The van der Waals surface area contributed by atoms with Gasteiger partial charge in [0.1, 0.15) is 6.61 Å². The number of ether oxygens (including phenoxy) is 1. The summed E-state index contributed by atoms with van der Waals surface area (Å²) in [5, 5.41) is 3.38. The highest BCUT2D eigenvalue weighted by Crippen LogP contribution is 2.20. The molecule has 2 heterocycles. The lowest BCUT2D eigenvalue weighted by Gasteiger charge is -2.19. The maximum atomic E-state index is 5.14. The fourth-order valence-electron chi connectivity index (χ4n) is 1.52. The van der Waals surface area contributed by atoms with Crippen molar-refractivity contribution in [2.45, 2.75) is 12.5 Å². The lowest BCUT2D eigenvalue weighted by atomic mass is 10.0. The van der Waals surface area contributed by atoms with Crippen LogP contribution in [0, 0.1) is 5.92 Å². The van der Waals surface area contributed by atoms with Crippen LogP contribution in [-0.2, 0) is 4.74 Å². The molecule has 0 aliphatic carbocycles. The highest BCUT2D eigenvalue weighted by molar-refractivity contribution is 4.99. The van der Waals surface area contributed by atoms with Gasteiger partial charge in [0.05, 0.1) is 6.26 Å². The Morgan fingerprint density at radius 1 is 1.56 bits per heavy atom. The van der Waals surface area contributed by atoms with Crippen LogP contribution in [0.3, 0.4) is 0 Å². The number of fused-ring (bicyclic) bond motifs is 1. The SMILES string of the molecule is C1=CC2CCNC2CO1. The van der Waals surface area contributed by atoms with Gasteiger partial charge in [-0.3, -0.25) is 0 Å². The Hall–Kier alpha value is -0.500. The summed E-state index contributed by atoms with van der Waals surface area (Å²) in [5.74, 6) is 0.749. The van der Waals surface area contributed by atoms with E-state index >= 15 is 0 Å². The summed E-state index contributed by atoms with van der Waals surface area (Å²) in [6, 6.07) is 0.606. The summed E-state index contributed by atoms with van der Waals surface area (Å²) >= 11 is 0. The molecule has 0 aromatic rings. The summed E-state index contributed by atoms with van der Waals surface area (Å²) in [4.78, 5) is 0. The number of rotatable bonds is 0. The molecule has 2 aliphatic heterocycles. The van der Waals surface area contributed by atoms with E-state index in [1.54, 1.807) is 0 Å². The normalized spacial score (nSPS) is 40.0. The van der Waals surface area contributed by atoms with E-state index in [-0.39, 0.29) is 0 Å². The van der Waals surface area contributed by atoms with Crippen LogP contribution in [0.4, 0.5) is 0 Å². The van der Waals surface area contributed by atoms with E-state index < -0.39 is 0 Å². The van der Waals surface area contributed by atoms with E-state index in [4.69, 9.17) is 4.74 Å². The molecule has 2 unspecified atom stereocenters. The molecule has 2 nitrogen and oxygen atoms in total. The van der Waals surface area contributed by atoms with Gasteiger partial charge in [-0.1, -0.05) is 0 Å². The first-order valence-electron chi connectivity index (χ1n) is 3.48. The molecule has 0 radical (unpaired) electrons. The Kier molecular flexibility index (Phi) is 1.19. The van der Waals surface area contributed by atoms with E-state index in [2.05, 4.69) is 11.4 Å². The summed E-state index contributed by atoms with van der Waals surface area (Å²) in [6.07, 6.45) is 5.27. The number of hydrogen-bond donors (Lipinski definition) is 1. The van der Waals surface area contributed by atoms with E-state index in [9.17, 15) is 0 Å². The predicted molar refractivity (Wildman–Crippen MR) is 35.0 cm³/mol. The van der Waals surface area contributed by atoms with Crippen molar-refractivity contribution in [3.05, 3.63) is 12.3 Å². The minimum Gasteiger partial charge on any atom is -0.500 e. The molecule has 2 aliphatic rings. The highest BCUT2D eigenvalue weighted by Gasteiger charge is 2.26. The quantitative estimate of drug-likeness (QED) is 0.509. The topological polar surface area (TPSA) is 21.3 Å². The van der Waals surface area contributed by atoms with E-state index in [1.165, 1.54) is 6.42 Å². The first-order chi connectivity index (χ1) is 4.47. The van der Waals surface area contributed by atoms with Crippen molar-refractivity contribution in [3.63, 3.8) is 0 Å². The summed E-state index contributed by atoms with van der Waals surface area (Å²) in [5.41, 5.74) is 0. The van der Waals surface area contributed by atoms with Gasteiger partial charge in [-0.25, -0.2) is 0 Å². The maximum absolute atomic E-state index is 5.14. The van der Waals surface area contributed by atoms with Crippen LogP contribution >= 0.6 is 0 Å². The minimum atomic E-state index is 0.606. The Bertz CT molecular complexity index is 133. The van der Waals surface area contributed by atoms with Crippen molar-refractivity contribution in [2.24, 2.45) is 5.92 Å². The molecule has 2 rings (SSSR count). The summed E-state index contributed by atoms with van der Waals surface area (Å²) in [7, 11) is 0. The zero-order valence-corrected chi connectivity index (χ0v) is 5.34. The maximum Gasteiger partial charge on any atom is 0.103 e. The lowest BCUT2D eigenvalue weighted by molar-refractivity contribution is 0.185.